The fraction of sp³-hybridized carbons (Fsp3) is 0.0667. The summed E-state index contributed by atoms with van der Waals surface area (Å²) in [5.74, 6) is 0. The molecule has 0 spiro atoms. The highest BCUT2D eigenvalue weighted by molar-refractivity contribution is 6.01. The Morgan fingerprint density at radius 2 is 1.16 bits per heavy atom. The number of nitrogens with zero attached hydrogens (tertiary/aromatic N) is 1. The lowest BCUT2D eigenvalue weighted by Crippen LogP contribution is -2.11. The van der Waals surface area contributed by atoms with Crippen molar-refractivity contribution < 1.29 is 5.11 Å². The molecule has 0 aliphatic heterocycles. The number of hydrogen-bond donors (Lipinski definition) is 1. The fourth-order valence-corrected chi connectivity index (χ4v) is 4.30. The van der Waals surface area contributed by atoms with Gasteiger partial charge in [-0.05, 0) is 58.7 Å². The molecule has 1 N–H and O–H groups in total. The number of fused-ring (bicyclic) bond motifs is 1. The third-order valence-electron chi connectivity index (χ3n) is 5.83. The van der Waals surface area contributed by atoms with Gasteiger partial charge >= 0.3 is 0 Å². The number of benzene rings is 5. The third kappa shape index (κ3) is 3.89. The van der Waals surface area contributed by atoms with Crippen molar-refractivity contribution in [2.24, 2.45) is 0 Å². The predicted molar refractivity (Wildman–Crippen MR) is 135 cm³/mol. The Morgan fingerprint density at radius 3 is 1.97 bits per heavy atom. The van der Waals surface area contributed by atoms with E-state index >= 15 is 0 Å². The van der Waals surface area contributed by atoms with Crippen molar-refractivity contribution in [3.8, 4) is 11.1 Å². The van der Waals surface area contributed by atoms with Crippen LogP contribution in [0.5, 0.6) is 0 Å². The second kappa shape index (κ2) is 9.09. The first-order valence-corrected chi connectivity index (χ1v) is 11.0. The largest absolute Gasteiger partial charge is 0.396 e. The first kappa shape index (κ1) is 20.0. The molecule has 0 saturated carbocycles. The zero-order valence-corrected chi connectivity index (χ0v) is 17.9. The molecule has 0 aromatic heterocycles. The molecule has 0 radical (unpaired) electrons. The molecule has 2 heteroatoms. The maximum absolute atomic E-state index is 9.29. The number of aliphatic hydroxyl groups excluding tert-OH is 1. The molecule has 2 nitrogen and oxygen atoms in total. The van der Waals surface area contributed by atoms with E-state index in [-0.39, 0.29) is 6.61 Å². The van der Waals surface area contributed by atoms with E-state index in [1.807, 2.05) is 6.07 Å². The Labute approximate surface area is 189 Å². The van der Waals surface area contributed by atoms with Crippen LogP contribution in [0.4, 0.5) is 17.1 Å². The number of aliphatic hydroxyl groups is 1. The average Bonchev–Trinajstić information content (AvgIpc) is 2.86. The summed E-state index contributed by atoms with van der Waals surface area (Å²) >= 11 is 0. The van der Waals surface area contributed by atoms with Gasteiger partial charge in [0.05, 0.1) is 5.69 Å². The molecule has 5 aromatic rings. The summed E-state index contributed by atoms with van der Waals surface area (Å²) in [5, 5.41) is 11.8. The van der Waals surface area contributed by atoms with Crippen LogP contribution in [0.2, 0.25) is 0 Å². The van der Waals surface area contributed by atoms with Gasteiger partial charge in [-0.2, -0.15) is 0 Å². The van der Waals surface area contributed by atoms with E-state index in [4.69, 9.17) is 0 Å². The van der Waals surface area contributed by atoms with E-state index in [0.717, 1.165) is 22.6 Å². The van der Waals surface area contributed by atoms with Gasteiger partial charge < -0.3 is 10.0 Å². The molecule has 32 heavy (non-hydrogen) atoms. The molecule has 0 unspecified atom stereocenters. The first-order valence-electron chi connectivity index (χ1n) is 11.0. The summed E-state index contributed by atoms with van der Waals surface area (Å²) in [5.41, 5.74) is 6.86. The van der Waals surface area contributed by atoms with Gasteiger partial charge in [-0.15, -0.1) is 0 Å². The average molecular weight is 416 g/mol. The number of anilines is 3. The predicted octanol–water partition coefficient (Wildman–Crippen LogP) is 7.51. The highest BCUT2D eigenvalue weighted by atomic mass is 16.2. The minimum Gasteiger partial charge on any atom is -0.396 e. The van der Waals surface area contributed by atoms with Gasteiger partial charge in [0.2, 0.25) is 0 Å². The molecular weight excluding hydrogens is 390 g/mol. The molecular formula is C30H25NO. The summed E-state index contributed by atoms with van der Waals surface area (Å²) in [4.78, 5) is 2.31. The van der Waals surface area contributed by atoms with Crippen LogP contribution in [0.25, 0.3) is 21.9 Å². The lowest BCUT2D eigenvalue weighted by Gasteiger charge is -2.28. The molecule has 0 fully saturated rings. The van der Waals surface area contributed by atoms with E-state index < -0.39 is 0 Å². The van der Waals surface area contributed by atoms with E-state index in [0.29, 0.717) is 6.42 Å². The molecule has 0 aliphatic carbocycles. The molecule has 5 rings (SSSR count). The van der Waals surface area contributed by atoms with Crippen LogP contribution in [-0.2, 0) is 6.42 Å². The van der Waals surface area contributed by atoms with Crippen molar-refractivity contribution >= 4 is 27.8 Å². The van der Waals surface area contributed by atoms with Crippen LogP contribution in [0.15, 0.2) is 121 Å². The molecule has 0 saturated heterocycles. The summed E-state index contributed by atoms with van der Waals surface area (Å²) in [6.45, 7) is 0.158. The molecule has 0 bridgehead atoms. The molecule has 156 valence electrons. The second-order valence-corrected chi connectivity index (χ2v) is 7.85. The van der Waals surface area contributed by atoms with Gasteiger partial charge in [0, 0.05) is 23.5 Å². The highest BCUT2D eigenvalue weighted by Crippen LogP contribution is 2.42. The van der Waals surface area contributed by atoms with E-state index in [2.05, 4.69) is 120 Å². The normalized spacial score (nSPS) is 10.9. The van der Waals surface area contributed by atoms with Gasteiger partial charge in [-0.3, -0.25) is 0 Å². The van der Waals surface area contributed by atoms with Gasteiger partial charge in [0.1, 0.15) is 0 Å². The van der Waals surface area contributed by atoms with Gasteiger partial charge in [0.15, 0.2) is 0 Å². The Kier molecular flexibility index (Phi) is 5.69. The highest BCUT2D eigenvalue weighted by Gasteiger charge is 2.17. The molecule has 0 heterocycles. The topological polar surface area (TPSA) is 23.5 Å². The van der Waals surface area contributed by atoms with Crippen LogP contribution >= 0.6 is 0 Å². The fourth-order valence-electron chi connectivity index (χ4n) is 4.30. The Bertz CT molecular complexity index is 1320. The van der Waals surface area contributed by atoms with Crippen molar-refractivity contribution in [3.63, 3.8) is 0 Å². The Balaban J connectivity index is 1.71. The van der Waals surface area contributed by atoms with Crippen molar-refractivity contribution in [3.05, 3.63) is 127 Å². The SMILES string of the molecule is OCCc1ccc(N(c2ccccc2)c2ccccc2-c2cccc3ccccc23)cc1. The third-order valence-corrected chi connectivity index (χ3v) is 5.83. The number of hydrogen-bond acceptors (Lipinski definition) is 2. The lowest BCUT2D eigenvalue weighted by molar-refractivity contribution is 0.299. The lowest BCUT2D eigenvalue weighted by atomic mass is 9.96. The minimum absolute atomic E-state index is 0.158. The zero-order valence-electron chi connectivity index (χ0n) is 17.9. The second-order valence-electron chi connectivity index (χ2n) is 7.85. The molecule has 0 atom stereocenters. The summed E-state index contributed by atoms with van der Waals surface area (Å²) < 4.78 is 0. The van der Waals surface area contributed by atoms with Gasteiger partial charge in [0.25, 0.3) is 0 Å². The molecule has 0 aliphatic rings. The van der Waals surface area contributed by atoms with Crippen molar-refractivity contribution in [1.29, 1.82) is 0 Å². The van der Waals surface area contributed by atoms with Gasteiger partial charge in [-0.25, -0.2) is 0 Å². The summed E-state index contributed by atoms with van der Waals surface area (Å²) in [7, 11) is 0. The zero-order chi connectivity index (χ0) is 21.8. The van der Waals surface area contributed by atoms with Crippen molar-refractivity contribution in [2.45, 2.75) is 6.42 Å². The van der Waals surface area contributed by atoms with Gasteiger partial charge in [-0.1, -0.05) is 91.0 Å². The molecule has 5 aromatic carbocycles. The van der Waals surface area contributed by atoms with E-state index in [1.54, 1.807) is 0 Å². The Morgan fingerprint density at radius 1 is 0.531 bits per heavy atom. The van der Waals surface area contributed by atoms with Crippen LogP contribution in [0, 0.1) is 0 Å². The first-order chi connectivity index (χ1) is 15.8. The molecule has 0 amide bonds. The Hall–Kier alpha value is -3.88. The summed E-state index contributed by atoms with van der Waals surface area (Å²) in [6, 6.07) is 42.6. The van der Waals surface area contributed by atoms with Crippen molar-refractivity contribution in [1.82, 2.24) is 0 Å². The van der Waals surface area contributed by atoms with Crippen molar-refractivity contribution in [2.75, 3.05) is 11.5 Å². The smallest absolute Gasteiger partial charge is 0.0540 e. The van der Waals surface area contributed by atoms with Crippen LogP contribution < -0.4 is 4.90 Å². The number of para-hydroxylation sites is 2. The maximum Gasteiger partial charge on any atom is 0.0540 e. The number of rotatable bonds is 6. The standard InChI is InChI=1S/C30H25NO/c32-22-21-23-17-19-26(20-18-23)31(25-11-2-1-3-12-25)30-16-7-6-14-29(30)28-15-8-10-24-9-4-5-13-27(24)28/h1-20,32H,21-22H2. The monoisotopic (exact) mass is 415 g/mol. The van der Waals surface area contributed by atoms with Crippen LogP contribution in [0.1, 0.15) is 5.56 Å². The quantitative estimate of drug-likeness (QED) is 0.310. The van der Waals surface area contributed by atoms with Crippen LogP contribution in [0.3, 0.4) is 0 Å². The van der Waals surface area contributed by atoms with E-state index in [9.17, 15) is 5.11 Å². The summed E-state index contributed by atoms with van der Waals surface area (Å²) in [6.07, 6.45) is 0.665. The maximum atomic E-state index is 9.29. The van der Waals surface area contributed by atoms with E-state index in [1.165, 1.54) is 21.9 Å². The van der Waals surface area contributed by atoms with Crippen LogP contribution in [-0.4, -0.2) is 11.7 Å². The minimum atomic E-state index is 0.158.